The first-order valence-electron chi connectivity index (χ1n) is 8.30. The predicted octanol–water partition coefficient (Wildman–Crippen LogP) is 6.08. The highest BCUT2D eigenvalue weighted by molar-refractivity contribution is 5.72. The molecule has 1 rings (SSSR count). The summed E-state index contributed by atoms with van der Waals surface area (Å²) >= 11 is 0. The van der Waals surface area contributed by atoms with E-state index in [2.05, 4.69) is 31.1 Å². The monoisotopic (exact) mass is 345 g/mol. The molecule has 0 aromatic heterocycles. The van der Waals surface area contributed by atoms with Gasteiger partial charge in [0.05, 0.1) is 5.41 Å². The number of halogens is 2. The van der Waals surface area contributed by atoms with Crippen molar-refractivity contribution >= 4 is 5.57 Å². The number of allylic oxidation sites excluding steroid dienone is 5. The van der Waals surface area contributed by atoms with Crippen LogP contribution >= 0.6 is 0 Å². The Morgan fingerprint density at radius 1 is 1.20 bits per heavy atom. The predicted molar refractivity (Wildman–Crippen MR) is 105 cm³/mol. The van der Waals surface area contributed by atoms with E-state index in [0.29, 0.717) is 12.0 Å². The normalized spacial score (nSPS) is 12.7. The van der Waals surface area contributed by atoms with E-state index in [4.69, 9.17) is 0 Å². The number of aryl methyl sites for hydroxylation is 1. The second kappa shape index (κ2) is 7.81. The summed E-state index contributed by atoms with van der Waals surface area (Å²) in [6.07, 6.45) is 4.07. The van der Waals surface area contributed by atoms with E-state index in [1.807, 2.05) is 19.1 Å². The van der Waals surface area contributed by atoms with Gasteiger partial charge in [-0.05, 0) is 40.8 Å². The van der Waals surface area contributed by atoms with Crippen LogP contribution in [0.15, 0.2) is 61.4 Å². The fourth-order valence-corrected chi connectivity index (χ4v) is 2.30. The number of alkyl halides is 2. The second-order valence-electron chi connectivity index (χ2n) is 7.01. The van der Waals surface area contributed by atoms with Gasteiger partial charge in [-0.2, -0.15) is 0 Å². The molecule has 0 amide bonds. The molecule has 0 fully saturated rings. The molecule has 3 heteroatoms. The van der Waals surface area contributed by atoms with Crippen molar-refractivity contribution in [3.05, 3.63) is 78.0 Å². The molecule has 136 valence electrons. The number of nitrogens with one attached hydrogen (secondary N) is 1. The van der Waals surface area contributed by atoms with Gasteiger partial charge in [-0.15, -0.1) is 0 Å². The maximum absolute atomic E-state index is 13.8. The smallest absolute Gasteiger partial charge is 0.254 e. The van der Waals surface area contributed by atoms with Crippen molar-refractivity contribution in [3.63, 3.8) is 0 Å². The summed E-state index contributed by atoms with van der Waals surface area (Å²) in [4.78, 5) is 0. The van der Waals surface area contributed by atoms with E-state index < -0.39 is 11.3 Å². The summed E-state index contributed by atoms with van der Waals surface area (Å²) in [6.45, 7) is 17.6. The molecule has 0 aliphatic carbocycles. The van der Waals surface area contributed by atoms with Crippen LogP contribution in [0.25, 0.3) is 5.57 Å². The molecule has 0 aliphatic rings. The van der Waals surface area contributed by atoms with Crippen molar-refractivity contribution in [2.24, 2.45) is 5.41 Å². The van der Waals surface area contributed by atoms with Gasteiger partial charge < -0.3 is 5.32 Å². The lowest BCUT2D eigenvalue weighted by Gasteiger charge is -2.32. The Kier molecular flexibility index (Phi) is 6.53. The largest absolute Gasteiger partial charge is 0.391 e. The molecule has 0 heterocycles. The van der Waals surface area contributed by atoms with E-state index in [1.54, 1.807) is 19.2 Å². The molecule has 0 bridgehead atoms. The van der Waals surface area contributed by atoms with Crippen molar-refractivity contribution in [1.82, 2.24) is 5.32 Å². The maximum Gasteiger partial charge on any atom is 0.254 e. The summed E-state index contributed by atoms with van der Waals surface area (Å²) < 4.78 is 27.6. The molecule has 0 atom stereocenters. The molecule has 25 heavy (non-hydrogen) atoms. The zero-order chi connectivity index (χ0) is 19.4. The molecule has 1 aromatic carbocycles. The Bertz CT molecular complexity index is 703. The lowest BCUT2D eigenvalue weighted by atomic mass is 9.79. The van der Waals surface area contributed by atoms with Gasteiger partial charge in [-0.3, -0.25) is 0 Å². The third-order valence-electron chi connectivity index (χ3n) is 4.91. The minimum atomic E-state index is -2.85. The maximum atomic E-state index is 13.8. The summed E-state index contributed by atoms with van der Waals surface area (Å²) in [6, 6.07) is 6.09. The highest BCUT2D eigenvalue weighted by Gasteiger charge is 2.43. The molecule has 1 aromatic rings. The van der Waals surface area contributed by atoms with Crippen LogP contribution in [0.1, 0.15) is 37.5 Å². The summed E-state index contributed by atoms with van der Waals surface area (Å²) in [7, 11) is 1.79. The SMILES string of the molecule is C=CC(=C)c1ccc(C/C(=C/C(=C)C(C)(C)C(C)(F)F)NC)c(C)c1. The third-order valence-corrected chi connectivity index (χ3v) is 4.91. The number of likely N-dealkylation sites (N-methyl/N-ethyl adjacent to an activating group) is 1. The van der Waals surface area contributed by atoms with Crippen LogP contribution in [0.4, 0.5) is 8.78 Å². The molecule has 0 saturated heterocycles. The third kappa shape index (κ3) is 4.91. The van der Waals surface area contributed by atoms with Crippen LogP contribution in [-0.4, -0.2) is 13.0 Å². The van der Waals surface area contributed by atoms with Gasteiger partial charge in [-0.1, -0.05) is 57.9 Å². The summed E-state index contributed by atoms with van der Waals surface area (Å²) in [5.74, 6) is -2.85. The number of benzene rings is 1. The van der Waals surface area contributed by atoms with Crippen LogP contribution in [0.2, 0.25) is 0 Å². The van der Waals surface area contributed by atoms with Gasteiger partial charge in [-0.25, -0.2) is 8.78 Å². The fraction of sp³-hybridized carbons (Fsp3) is 0.364. The van der Waals surface area contributed by atoms with Crippen LogP contribution < -0.4 is 5.32 Å². The molecule has 1 nitrogen and oxygen atoms in total. The number of hydrogen-bond donors (Lipinski definition) is 1. The Morgan fingerprint density at radius 2 is 1.80 bits per heavy atom. The van der Waals surface area contributed by atoms with E-state index in [1.165, 1.54) is 13.8 Å². The fourth-order valence-electron chi connectivity index (χ4n) is 2.30. The summed E-state index contributed by atoms with van der Waals surface area (Å²) in [5.41, 5.74) is 4.08. The van der Waals surface area contributed by atoms with E-state index >= 15 is 0 Å². The average Bonchev–Trinajstić information content (AvgIpc) is 2.53. The van der Waals surface area contributed by atoms with Gasteiger partial charge in [0.15, 0.2) is 0 Å². The van der Waals surface area contributed by atoms with Crippen LogP contribution in [0, 0.1) is 12.3 Å². The van der Waals surface area contributed by atoms with Crippen molar-refractivity contribution in [1.29, 1.82) is 0 Å². The van der Waals surface area contributed by atoms with Crippen molar-refractivity contribution in [2.45, 2.75) is 40.0 Å². The van der Waals surface area contributed by atoms with E-state index in [-0.39, 0.29) is 0 Å². The first kappa shape index (κ1) is 20.9. The minimum absolute atomic E-state index is 0.402. The number of rotatable bonds is 8. The zero-order valence-electron chi connectivity index (χ0n) is 16.0. The van der Waals surface area contributed by atoms with E-state index in [9.17, 15) is 8.78 Å². The van der Waals surface area contributed by atoms with Crippen molar-refractivity contribution < 1.29 is 8.78 Å². The molecular formula is C22H29F2N. The number of hydrogen-bond acceptors (Lipinski definition) is 1. The van der Waals surface area contributed by atoms with E-state index in [0.717, 1.165) is 34.9 Å². The first-order valence-corrected chi connectivity index (χ1v) is 8.30. The van der Waals surface area contributed by atoms with Crippen molar-refractivity contribution in [2.75, 3.05) is 7.05 Å². The van der Waals surface area contributed by atoms with Gasteiger partial charge in [0.2, 0.25) is 0 Å². The lowest BCUT2D eigenvalue weighted by Crippen LogP contribution is -2.34. The highest BCUT2D eigenvalue weighted by Crippen LogP contribution is 2.42. The lowest BCUT2D eigenvalue weighted by molar-refractivity contribution is -0.0673. The molecule has 0 saturated carbocycles. The van der Waals surface area contributed by atoms with Crippen LogP contribution in [0.5, 0.6) is 0 Å². The Labute approximate surface area is 150 Å². The standard InChI is InChI=1S/C22H29F2N/c1-9-15(2)18-10-11-19(16(3)12-18)14-20(25-8)13-17(4)21(5,6)22(7,23)24/h9-13,25H,1-2,4,14H2,3,5-8H3/b20-13-. The second-order valence-corrected chi connectivity index (χ2v) is 7.01. The molecule has 0 aliphatic heterocycles. The Hall–Kier alpha value is -2.16. The Morgan fingerprint density at radius 3 is 2.24 bits per heavy atom. The van der Waals surface area contributed by atoms with Crippen molar-refractivity contribution in [3.8, 4) is 0 Å². The molecule has 0 spiro atoms. The van der Waals surface area contributed by atoms with Crippen LogP contribution in [0.3, 0.4) is 0 Å². The quantitative estimate of drug-likeness (QED) is 0.563. The zero-order valence-corrected chi connectivity index (χ0v) is 16.0. The molecule has 1 N–H and O–H groups in total. The van der Waals surface area contributed by atoms with Gasteiger partial charge >= 0.3 is 0 Å². The average molecular weight is 345 g/mol. The summed E-state index contributed by atoms with van der Waals surface area (Å²) in [5, 5.41) is 3.10. The van der Waals surface area contributed by atoms with Gasteiger partial charge in [0.25, 0.3) is 5.92 Å². The van der Waals surface area contributed by atoms with Gasteiger partial charge in [0, 0.05) is 26.1 Å². The topological polar surface area (TPSA) is 12.0 Å². The molecular weight excluding hydrogens is 316 g/mol. The molecule has 0 unspecified atom stereocenters. The minimum Gasteiger partial charge on any atom is -0.391 e. The highest BCUT2D eigenvalue weighted by atomic mass is 19.3. The molecule has 0 radical (unpaired) electrons. The Balaban J connectivity index is 3.09. The van der Waals surface area contributed by atoms with Gasteiger partial charge in [0.1, 0.15) is 0 Å². The first-order chi connectivity index (χ1) is 11.4. The van der Waals surface area contributed by atoms with Crippen LogP contribution in [-0.2, 0) is 6.42 Å².